The average Bonchev–Trinajstić information content (AvgIpc) is 3.00. The summed E-state index contributed by atoms with van der Waals surface area (Å²) < 4.78 is 5.45. The zero-order chi connectivity index (χ0) is 15.2. The lowest BCUT2D eigenvalue weighted by Gasteiger charge is -2.14. The van der Waals surface area contributed by atoms with Gasteiger partial charge in [0.15, 0.2) is 0 Å². The van der Waals surface area contributed by atoms with Crippen LogP contribution in [0.2, 0.25) is 0 Å². The first-order valence-corrected chi connectivity index (χ1v) is 7.10. The van der Waals surface area contributed by atoms with E-state index in [9.17, 15) is 9.59 Å². The van der Waals surface area contributed by atoms with Gasteiger partial charge in [-0.3, -0.25) is 4.79 Å². The molecule has 0 radical (unpaired) electrons. The average molecular weight is 291 g/mol. The van der Waals surface area contributed by atoms with Gasteiger partial charge in [-0.2, -0.15) is 0 Å². The minimum atomic E-state index is -0.289. The summed E-state index contributed by atoms with van der Waals surface area (Å²) in [6, 6.07) is 4.95. The van der Waals surface area contributed by atoms with Crippen LogP contribution in [-0.4, -0.2) is 38.2 Å². The van der Waals surface area contributed by atoms with Gasteiger partial charge in [-0.25, -0.2) is 4.79 Å². The van der Waals surface area contributed by atoms with E-state index in [-0.39, 0.29) is 18.0 Å². The van der Waals surface area contributed by atoms with E-state index in [4.69, 9.17) is 4.74 Å². The Labute approximate surface area is 124 Å². The molecule has 1 fully saturated rings. The van der Waals surface area contributed by atoms with Crippen LogP contribution in [0, 0.1) is 6.92 Å². The highest BCUT2D eigenvalue weighted by Gasteiger charge is 2.17. The second-order valence-corrected chi connectivity index (χ2v) is 5.03. The molecule has 1 atom stereocenters. The van der Waals surface area contributed by atoms with E-state index in [2.05, 4.69) is 16.0 Å². The highest BCUT2D eigenvalue weighted by atomic mass is 16.5. The monoisotopic (exact) mass is 291 g/mol. The first kappa shape index (κ1) is 15.3. The van der Waals surface area contributed by atoms with E-state index in [1.807, 2.05) is 0 Å². The summed E-state index contributed by atoms with van der Waals surface area (Å²) in [5, 5.41) is 8.14. The van der Waals surface area contributed by atoms with Gasteiger partial charge in [-0.1, -0.05) is 6.07 Å². The van der Waals surface area contributed by atoms with Crippen molar-refractivity contribution in [2.24, 2.45) is 0 Å². The Kier molecular flexibility index (Phi) is 5.16. The zero-order valence-corrected chi connectivity index (χ0v) is 12.4. The molecule has 1 heterocycles. The lowest BCUT2D eigenvalue weighted by molar-refractivity contribution is 0.0962. The van der Waals surface area contributed by atoms with Crippen LogP contribution >= 0.6 is 0 Å². The van der Waals surface area contributed by atoms with E-state index in [1.54, 1.807) is 32.2 Å². The topological polar surface area (TPSA) is 79.5 Å². The summed E-state index contributed by atoms with van der Waals surface area (Å²) in [5.41, 5.74) is 1.92. The highest BCUT2D eigenvalue weighted by molar-refractivity contribution is 5.98. The van der Waals surface area contributed by atoms with Crippen molar-refractivity contribution in [1.82, 2.24) is 10.6 Å². The molecule has 2 rings (SSSR count). The normalized spacial score (nSPS) is 17.3. The number of amides is 3. The van der Waals surface area contributed by atoms with E-state index in [0.29, 0.717) is 17.8 Å². The predicted octanol–water partition coefficient (Wildman–Crippen LogP) is 1.66. The molecule has 1 aromatic rings. The largest absolute Gasteiger partial charge is 0.376 e. The van der Waals surface area contributed by atoms with Crippen molar-refractivity contribution < 1.29 is 14.3 Å². The van der Waals surface area contributed by atoms with Crippen LogP contribution in [0.5, 0.6) is 0 Å². The Balaban J connectivity index is 1.95. The number of nitrogens with one attached hydrogen (secondary N) is 3. The van der Waals surface area contributed by atoms with Gasteiger partial charge in [0.05, 0.1) is 6.10 Å². The fourth-order valence-corrected chi connectivity index (χ4v) is 2.33. The quantitative estimate of drug-likeness (QED) is 0.789. The molecule has 114 valence electrons. The third-order valence-corrected chi connectivity index (χ3v) is 3.57. The summed E-state index contributed by atoms with van der Waals surface area (Å²) >= 11 is 0. The summed E-state index contributed by atoms with van der Waals surface area (Å²) in [4.78, 5) is 23.6. The number of hydrogen-bond acceptors (Lipinski definition) is 3. The molecule has 0 unspecified atom stereocenters. The number of ether oxygens (including phenoxy) is 1. The molecular formula is C15H21N3O3. The number of hydrogen-bond donors (Lipinski definition) is 3. The van der Waals surface area contributed by atoms with E-state index in [0.717, 1.165) is 25.0 Å². The molecule has 1 aromatic carbocycles. The number of benzene rings is 1. The van der Waals surface area contributed by atoms with Gasteiger partial charge in [-0.05, 0) is 37.5 Å². The Bertz CT molecular complexity index is 525. The van der Waals surface area contributed by atoms with Gasteiger partial charge in [0, 0.05) is 31.5 Å². The van der Waals surface area contributed by atoms with E-state index >= 15 is 0 Å². The first-order valence-electron chi connectivity index (χ1n) is 7.10. The molecule has 3 N–H and O–H groups in total. The molecular weight excluding hydrogens is 270 g/mol. The van der Waals surface area contributed by atoms with Gasteiger partial charge >= 0.3 is 6.03 Å². The van der Waals surface area contributed by atoms with Crippen molar-refractivity contribution in [3.63, 3.8) is 0 Å². The molecule has 1 aliphatic rings. The van der Waals surface area contributed by atoms with Gasteiger partial charge in [0.1, 0.15) is 0 Å². The molecule has 0 saturated carbocycles. The van der Waals surface area contributed by atoms with Gasteiger partial charge in [0.25, 0.3) is 5.91 Å². The zero-order valence-electron chi connectivity index (χ0n) is 12.4. The van der Waals surface area contributed by atoms with Gasteiger partial charge < -0.3 is 20.7 Å². The number of anilines is 1. The Morgan fingerprint density at radius 3 is 2.86 bits per heavy atom. The van der Waals surface area contributed by atoms with Crippen molar-refractivity contribution in [2.45, 2.75) is 25.9 Å². The van der Waals surface area contributed by atoms with Crippen LogP contribution in [0.1, 0.15) is 28.8 Å². The maximum Gasteiger partial charge on any atom is 0.319 e. The molecule has 0 aliphatic carbocycles. The number of urea groups is 1. The minimum Gasteiger partial charge on any atom is -0.376 e. The standard InChI is InChI=1S/C15H21N3O3/c1-10-12(14(19)16-2)6-3-7-13(10)18-15(20)17-9-11-5-4-8-21-11/h3,6-7,11H,4-5,8-9H2,1-2H3,(H,16,19)(H2,17,18,20)/t11-/m0/s1. The summed E-state index contributed by atoms with van der Waals surface area (Å²) in [7, 11) is 1.58. The van der Waals surface area contributed by atoms with Crippen molar-refractivity contribution in [1.29, 1.82) is 0 Å². The van der Waals surface area contributed by atoms with Crippen molar-refractivity contribution in [3.05, 3.63) is 29.3 Å². The second-order valence-electron chi connectivity index (χ2n) is 5.03. The van der Waals surface area contributed by atoms with Crippen molar-refractivity contribution in [2.75, 3.05) is 25.5 Å². The Morgan fingerprint density at radius 1 is 1.38 bits per heavy atom. The van der Waals surface area contributed by atoms with Crippen molar-refractivity contribution >= 4 is 17.6 Å². The first-order chi connectivity index (χ1) is 10.1. The van der Waals surface area contributed by atoms with Crippen LogP contribution in [0.3, 0.4) is 0 Å². The maximum absolute atomic E-state index is 11.9. The summed E-state index contributed by atoms with van der Waals surface area (Å²) in [6.45, 7) is 3.07. The fourth-order valence-electron chi connectivity index (χ4n) is 2.33. The fraction of sp³-hybridized carbons (Fsp3) is 0.467. The van der Waals surface area contributed by atoms with Crippen LogP contribution in [-0.2, 0) is 4.74 Å². The molecule has 1 aliphatic heterocycles. The molecule has 3 amide bonds. The number of carbonyl (C=O) groups is 2. The van der Waals surface area contributed by atoms with Crippen LogP contribution in [0.15, 0.2) is 18.2 Å². The molecule has 6 nitrogen and oxygen atoms in total. The summed E-state index contributed by atoms with van der Waals surface area (Å²) in [6.07, 6.45) is 2.13. The van der Waals surface area contributed by atoms with Gasteiger partial charge in [-0.15, -0.1) is 0 Å². The highest BCUT2D eigenvalue weighted by Crippen LogP contribution is 2.19. The van der Waals surface area contributed by atoms with Crippen LogP contribution < -0.4 is 16.0 Å². The Morgan fingerprint density at radius 2 is 2.19 bits per heavy atom. The van der Waals surface area contributed by atoms with Crippen LogP contribution in [0.4, 0.5) is 10.5 Å². The summed E-state index contributed by atoms with van der Waals surface area (Å²) in [5.74, 6) is -0.170. The smallest absolute Gasteiger partial charge is 0.319 e. The molecule has 0 spiro atoms. The van der Waals surface area contributed by atoms with E-state index in [1.165, 1.54) is 0 Å². The van der Waals surface area contributed by atoms with Crippen molar-refractivity contribution in [3.8, 4) is 0 Å². The third kappa shape index (κ3) is 3.95. The molecule has 6 heteroatoms. The lowest BCUT2D eigenvalue weighted by atomic mass is 10.1. The lowest BCUT2D eigenvalue weighted by Crippen LogP contribution is -2.35. The SMILES string of the molecule is CNC(=O)c1cccc(NC(=O)NC[C@@H]2CCCO2)c1C. The Hall–Kier alpha value is -2.08. The number of carbonyl (C=O) groups excluding carboxylic acids is 2. The second kappa shape index (κ2) is 7.08. The molecule has 21 heavy (non-hydrogen) atoms. The molecule has 1 saturated heterocycles. The van der Waals surface area contributed by atoms with Gasteiger partial charge in [0.2, 0.25) is 0 Å². The third-order valence-electron chi connectivity index (χ3n) is 3.57. The minimum absolute atomic E-state index is 0.106. The van der Waals surface area contributed by atoms with E-state index < -0.39 is 0 Å². The predicted molar refractivity (Wildman–Crippen MR) is 80.6 cm³/mol. The number of rotatable bonds is 4. The molecule has 0 aromatic heterocycles. The van der Waals surface area contributed by atoms with Crippen LogP contribution in [0.25, 0.3) is 0 Å². The molecule has 0 bridgehead atoms. The maximum atomic E-state index is 11.9.